The molecule has 3 nitrogen and oxygen atoms in total. The van der Waals surface area contributed by atoms with Gasteiger partial charge in [0.1, 0.15) is 0 Å². The van der Waals surface area contributed by atoms with Crippen molar-refractivity contribution in [2.24, 2.45) is 0 Å². The van der Waals surface area contributed by atoms with Crippen molar-refractivity contribution in [3.05, 3.63) is 11.2 Å². The van der Waals surface area contributed by atoms with E-state index >= 15 is 0 Å². The predicted octanol–water partition coefficient (Wildman–Crippen LogP) is 2.00. The molecule has 88 valence electrons. The molecule has 16 heavy (non-hydrogen) atoms. The fraction of sp³-hybridized carbons (Fsp3) is 0.727. The Morgan fingerprint density at radius 2 is 2.06 bits per heavy atom. The van der Waals surface area contributed by atoms with E-state index in [4.69, 9.17) is 16.2 Å². The highest BCUT2D eigenvalue weighted by molar-refractivity contribution is 7.22. The van der Waals surface area contributed by atoms with Gasteiger partial charge in [-0.25, -0.2) is 0 Å². The average Bonchev–Trinajstić information content (AvgIpc) is 2.81. The minimum absolute atomic E-state index is 0.0905. The molecule has 5 heteroatoms. The van der Waals surface area contributed by atoms with Crippen molar-refractivity contribution in [2.45, 2.75) is 52.1 Å². The second-order valence-corrected chi connectivity index (χ2v) is 5.84. The summed E-state index contributed by atoms with van der Waals surface area (Å²) < 4.78 is 49.6. The van der Waals surface area contributed by atoms with Gasteiger partial charge in [-0.15, -0.1) is 11.3 Å². The second-order valence-electron chi connectivity index (χ2n) is 4.78. The first kappa shape index (κ1) is 7.14. The first-order valence-corrected chi connectivity index (χ1v) is 5.91. The lowest BCUT2D eigenvalue weighted by atomic mass is 9.89. The van der Waals surface area contributed by atoms with Crippen LogP contribution in [0.5, 0.6) is 0 Å². The van der Waals surface area contributed by atoms with Crippen LogP contribution < -0.4 is 4.78 Å². The molecule has 2 heterocycles. The van der Waals surface area contributed by atoms with Gasteiger partial charge in [0.15, 0.2) is 0 Å². The standard InChI is InChI=1S/C11H18BNO2S/c1-6-9-13-7-8(16-9)12-14-10(2,3)11(4,5)15-12/h7H,6H2,1-5H3/i1D3,6D2. The monoisotopic (exact) mass is 244 g/mol. The molecule has 1 saturated heterocycles. The molecule has 2 rings (SSSR count). The maximum absolute atomic E-state index is 7.73. The fourth-order valence-corrected chi connectivity index (χ4v) is 2.09. The Morgan fingerprint density at radius 3 is 2.62 bits per heavy atom. The molecule has 1 fully saturated rings. The van der Waals surface area contributed by atoms with Gasteiger partial charge in [0.25, 0.3) is 0 Å². The lowest BCUT2D eigenvalue weighted by Crippen LogP contribution is -2.41. The summed E-state index contributed by atoms with van der Waals surface area (Å²) in [4.78, 5) is 3.92. The highest BCUT2D eigenvalue weighted by atomic mass is 32.1. The maximum Gasteiger partial charge on any atom is 0.507 e. The predicted molar refractivity (Wildman–Crippen MR) is 67.2 cm³/mol. The number of rotatable bonds is 2. The number of nitrogens with zero attached hydrogens (tertiary/aromatic N) is 1. The normalized spacial score (nSPS) is 29.0. The number of aromatic nitrogens is 1. The van der Waals surface area contributed by atoms with E-state index in [1.807, 2.05) is 27.7 Å². The molecule has 0 amide bonds. The molecular weight excluding hydrogens is 221 g/mol. The van der Waals surface area contributed by atoms with Crippen LogP contribution in [0.25, 0.3) is 0 Å². The molecule has 0 atom stereocenters. The van der Waals surface area contributed by atoms with Crippen LogP contribution in [-0.4, -0.2) is 23.3 Å². The van der Waals surface area contributed by atoms with E-state index < -0.39 is 31.5 Å². The van der Waals surface area contributed by atoms with E-state index in [1.54, 1.807) is 0 Å². The summed E-state index contributed by atoms with van der Waals surface area (Å²) in [6, 6.07) is 0. The van der Waals surface area contributed by atoms with Crippen molar-refractivity contribution in [2.75, 3.05) is 0 Å². The molecule has 0 bridgehead atoms. The van der Waals surface area contributed by atoms with Crippen LogP contribution in [0, 0.1) is 0 Å². The molecule has 0 radical (unpaired) electrons. The Kier molecular flexibility index (Phi) is 1.71. The maximum atomic E-state index is 7.73. The van der Waals surface area contributed by atoms with Gasteiger partial charge in [-0.1, -0.05) is 6.85 Å². The van der Waals surface area contributed by atoms with Gasteiger partial charge in [-0.05, 0) is 34.1 Å². The summed E-state index contributed by atoms with van der Waals surface area (Å²) in [7, 11) is -0.659. The third-order valence-electron chi connectivity index (χ3n) is 3.12. The lowest BCUT2D eigenvalue weighted by Gasteiger charge is -2.32. The zero-order valence-corrected chi connectivity index (χ0v) is 10.6. The van der Waals surface area contributed by atoms with Gasteiger partial charge in [0.05, 0.1) is 21.0 Å². The third-order valence-corrected chi connectivity index (χ3v) is 4.05. The van der Waals surface area contributed by atoms with Crippen LogP contribution >= 0.6 is 11.3 Å². The number of thiazole rings is 1. The van der Waals surface area contributed by atoms with Crippen molar-refractivity contribution >= 4 is 23.2 Å². The molecule has 1 aromatic rings. The number of hydrogen-bond donors (Lipinski definition) is 0. The van der Waals surface area contributed by atoms with Crippen LogP contribution in [0.3, 0.4) is 0 Å². The van der Waals surface area contributed by atoms with Crippen molar-refractivity contribution in [1.29, 1.82) is 0 Å². The van der Waals surface area contributed by atoms with Crippen molar-refractivity contribution < 1.29 is 16.2 Å². The summed E-state index contributed by atoms with van der Waals surface area (Å²) in [6.07, 6.45) is -1.06. The van der Waals surface area contributed by atoms with E-state index in [-0.39, 0.29) is 5.01 Å². The van der Waals surface area contributed by atoms with Gasteiger partial charge < -0.3 is 9.31 Å². The smallest absolute Gasteiger partial charge is 0.399 e. The minimum Gasteiger partial charge on any atom is -0.399 e. The van der Waals surface area contributed by atoms with Gasteiger partial charge in [0, 0.05) is 13.1 Å². The molecule has 0 spiro atoms. The lowest BCUT2D eigenvalue weighted by molar-refractivity contribution is 0.00578. The first-order chi connectivity index (χ1) is 9.28. The SMILES string of the molecule is [2H]C([2H])([2H])C([2H])([2H])c1ncc(B2OC(C)(C)C(C)(C)O2)s1. The highest BCUT2D eigenvalue weighted by Crippen LogP contribution is 2.36. The second kappa shape index (κ2) is 3.82. The highest BCUT2D eigenvalue weighted by Gasteiger charge is 2.52. The molecule has 0 aliphatic carbocycles. The summed E-state index contributed by atoms with van der Waals surface area (Å²) in [5.41, 5.74) is -1.02. The van der Waals surface area contributed by atoms with E-state index in [9.17, 15) is 0 Å². The average molecular weight is 244 g/mol. The van der Waals surface area contributed by atoms with E-state index in [1.165, 1.54) is 6.20 Å². The van der Waals surface area contributed by atoms with Gasteiger partial charge >= 0.3 is 7.12 Å². The van der Waals surface area contributed by atoms with E-state index in [0.29, 0.717) is 4.78 Å². The van der Waals surface area contributed by atoms with E-state index in [2.05, 4.69) is 4.98 Å². The van der Waals surface area contributed by atoms with Crippen LogP contribution in [0.15, 0.2) is 6.20 Å². The van der Waals surface area contributed by atoms with Crippen molar-refractivity contribution in [1.82, 2.24) is 4.98 Å². The quantitative estimate of drug-likeness (QED) is 0.746. The molecular formula is C11H18BNO2S. The van der Waals surface area contributed by atoms with Gasteiger partial charge in [-0.2, -0.15) is 0 Å². The molecule has 1 aliphatic heterocycles. The molecule has 0 unspecified atom stereocenters. The van der Waals surface area contributed by atoms with Crippen LogP contribution in [0.1, 0.15) is 46.4 Å². The molecule has 1 aliphatic rings. The summed E-state index contributed by atoms with van der Waals surface area (Å²) in [5.74, 6) is 0. The van der Waals surface area contributed by atoms with Crippen LogP contribution in [0.4, 0.5) is 0 Å². The Balaban J connectivity index is 2.27. The van der Waals surface area contributed by atoms with Gasteiger partial charge in [0.2, 0.25) is 0 Å². The molecule has 1 aromatic heterocycles. The summed E-state index contributed by atoms with van der Waals surface area (Å²) in [5, 5.41) is -0.0905. The molecule has 0 aromatic carbocycles. The Bertz CT molecular complexity index is 527. The molecule has 0 saturated carbocycles. The Morgan fingerprint density at radius 1 is 1.44 bits per heavy atom. The van der Waals surface area contributed by atoms with Crippen molar-refractivity contribution in [3.63, 3.8) is 0 Å². The fourth-order valence-electron chi connectivity index (χ4n) is 1.41. The van der Waals surface area contributed by atoms with E-state index in [0.717, 1.165) is 11.3 Å². The number of aryl methyl sites for hydroxylation is 1. The zero-order chi connectivity index (χ0) is 16.3. The zero-order valence-electron chi connectivity index (χ0n) is 14.8. The molecule has 0 N–H and O–H groups in total. The minimum atomic E-state index is -2.77. The largest absolute Gasteiger partial charge is 0.507 e. The van der Waals surface area contributed by atoms with Crippen LogP contribution in [-0.2, 0) is 15.7 Å². The topological polar surface area (TPSA) is 31.4 Å². The first-order valence-electron chi connectivity index (χ1n) is 7.60. The number of hydrogen-bond acceptors (Lipinski definition) is 4. The summed E-state index contributed by atoms with van der Waals surface area (Å²) >= 11 is 0.969. The Labute approximate surface area is 108 Å². The third kappa shape index (κ3) is 1.92. The summed E-state index contributed by atoms with van der Waals surface area (Å²) in [6.45, 7) is 4.89. The van der Waals surface area contributed by atoms with Crippen LogP contribution in [0.2, 0.25) is 0 Å². The van der Waals surface area contributed by atoms with Gasteiger partial charge in [-0.3, -0.25) is 4.98 Å². The van der Waals surface area contributed by atoms with Crippen molar-refractivity contribution in [3.8, 4) is 0 Å². The Hall–Kier alpha value is -0.385.